The Morgan fingerprint density at radius 1 is 1.29 bits per heavy atom. The van der Waals surface area contributed by atoms with Crippen molar-refractivity contribution in [2.24, 2.45) is 0 Å². The van der Waals surface area contributed by atoms with Crippen LogP contribution in [0.4, 0.5) is 0 Å². The van der Waals surface area contributed by atoms with Crippen molar-refractivity contribution >= 4 is 22.2 Å². The first-order valence-corrected chi connectivity index (χ1v) is 8.85. The molecule has 1 atom stereocenters. The van der Waals surface area contributed by atoms with Gasteiger partial charge in [-0.3, -0.25) is 14.0 Å². The molecule has 0 radical (unpaired) electrons. The number of fused-ring (bicyclic) bond motifs is 3. The van der Waals surface area contributed by atoms with Gasteiger partial charge in [0.1, 0.15) is 5.56 Å². The molecule has 2 heterocycles. The van der Waals surface area contributed by atoms with E-state index in [-0.39, 0.29) is 23.1 Å². The van der Waals surface area contributed by atoms with Crippen LogP contribution in [-0.2, 0) is 12.8 Å². The van der Waals surface area contributed by atoms with Gasteiger partial charge in [-0.2, -0.15) is 0 Å². The molecule has 0 aliphatic heterocycles. The molecule has 0 fully saturated rings. The monoisotopic (exact) mass is 339 g/mol. The molecule has 1 aromatic carbocycles. The van der Waals surface area contributed by atoms with Crippen LogP contribution in [0.5, 0.6) is 0 Å². The van der Waals surface area contributed by atoms with Crippen LogP contribution >= 0.6 is 11.3 Å². The number of aromatic nitrogens is 2. The zero-order valence-corrected chi connectivity index (χ0v) is 14.1. The van der Waals surface area contributed by atoms with Crippen molar-refractivity contribution in [3.63, 3.8) is 0 Å². The lowest BCUT2D eigenvalue weighted by atomic mass is 10.1. The second-order valence-electron chi connectivity index (χ2n) is 6.03. The summed E-state index contributed by atoms with van der Waals surface area (Å²) in [6, 6.07) is 9.51. The van der Waals surface area contributed by atoms with E-state index in [9.17, 15) is 9.59 Å². The molecule has 122 valence electrons. The number of carbonyl (C=O) groups excluding carboxylic acids is 1. The van der Waals surface area contributed by atoms with Crippen molar-refractivity contribution < 1.29 is 4.79 Å². The largest absolute Gasteiger partial charge is 0.345 e. The number of nitrogens with zero attached hydrogens (tertiary/aromatic N) is 2. The average Bonchev–Trinajstić information content (AvgIpc) is 3.16. The lowest BCUT2D eigenvalue weighted by Crippen LogP contribution is -2.33. The van der Waals surface area contributed by atoms with E-state index >= 15 is 0 Å². The van der Waals surface area contributed by atoms with E-state index in [0.29, 0.717) is 4.96 Å². The van der Waals surface area contributed by atoms with Crippen LogP contribution in [0.25, 0.3) is 4.96 Å². The van der Waals surface area contributed by atoms with Crippen LogP contribution < -0.4 is 10.9 Å². The molecule has 2 aromatic heterocycles. The molecule has 3 aromatic rings. The lowest BCUT2D eigenvalue weighted by Gasteiger charge is -2.14. The summed E-state index contributed by atoms with van der Waals surface area (Å²) in [4.78, 5) is 31.6. The molecule has 0 saturated heterocycles. The van der Waals surface area contributed by atoms with E-state index in [1.807, 2.05) is 37.3 Å². The van der Waals surface area contributed by atoms with E-state index in [0.717, 1.165) is 30.5 Å². The molecule has 0 unspecified atom stereocenters. The Hall–Kier alpha value is -2.47. The Morgan fingerprint density at radius 2 is 2.08 bits per heavy atom. The molecular formula is C18H17N3O2S. The summed E-state index contributed by atoms with van der Waals surface area (Å²) < 4.78 is 1.62. The molecule has 0 saturated carbocycles. The van der Waals surface area contributed by atoms with Gasteiger partial charge in [0.15, 0.2) is 4.96 Å². The fourth-order valence-electron chi connectivity index (χ4n) is 3.16. The minimum absolute atomic E-state index is 0.0998. The number of aryl methyl sites for hydroxylation is 2. The summed E-state index contributed by atoms with van der Waals surface area (Å²) in [7, 11) is 0. The predicted molar refractivity (Wildman–Crippen MR) is 93.7 cm³/mol. The van der Waals surface area contributed by atoms with Crippen LogP contribution in [0.15, 0.2) is 41.3 Å². The number of carbonyl (C=O) groups is 1. The van der Waals surface area contributed by atoms with E-state index in [4.69, 9.17) is 0 Å². The molecule has 0 spiro atoms. The second kappa shape index (κ2) is 5.87. The highest BCUT2D eigenvalue weighted by atomic mass is 32.1. The van der Waals surface area contributed by atoms with Gasteiger partial charge in [-0.15, -0.1) is 11.3 Å². The summed E-state index contributed by atoms with van der Waals surface area (Å²) in [6.07, 6.45) is 4.33. The molecule has 1 amide bonds. The Kier molecular flexibility index (Phi) is 3.69. The molecule has 1 aliphatic rings. The van der Waals surface area contributed by atoms with Gasteiger partial charge in [-0.1, -0.05) is 30.3 Å². The van der Waals surface area contributed by atoms with Crippen LogP contribution in [-0.4, -0.2) is 15.3 Å². The summed E-state index contributed by atoms with van der Waals surface area (Å²) in [5.74, 6) is -0.379. The number of hydrogen-bond donors (Lipinski definition) is 1. The van der Waals surface area contributed by atoms with Crippen LogP contribution in [0.3, 0.4) is 0 Å². The topological polar surface area (TPSA) is 63.5 Å². The standard InChI is InChI=1S/C18H17N3O2S/c1-11(12-6-3-2-4-7-12)20-16(22)13-10-19-18-21(17(13)23)14-8-5-9-15(14)24-18/h2-4,6-7,10-11H,5,8-9H2,1H3,(H,20,22)/t11-/m0/s1. The second-order valence-corrected chi connectivity index (χ2v) is 7.09. The maximum Gasteiger partial charge on any atom is 0.271 e. The van der Waals surface area contributed by atoms with Crippen LogP contribution in [0.2, 0.25) is 0 Å². The number of amides is 1. The number of nitrogens with one attached hydrogen (secondary N) is 1. The molecule has 24 heavy (non-hydrogen) atoms. The zero-order valence-electron chi connectivity index (χ0n) is 13.3. The maximum absolute atomic E-state index is 12.8. The lowest BCUT2D eigenvalue weighted by molar-refractivity contribution is 0.0938. The van der Waals surface area contributed by atoms with Gasteiger partial charge >= 0.3 is 0 Å². The first-order valence-electron chi connectivity index (χ1n) is 8.03. The summed E-state index contributed by atoms with van der Waals surface area (Å²) in [6.45, 7) is 1.90. The van der Waals surface area contributed by atoms with Gasteiger partial charge in [0, 0.05) is 16.8 Å². The molecule has 5 nitrogen and oxygen atoms in total. The van der Waals surface area contributed by atoms with Gasteiger partial charge in [0.2, 0.25) is 0 Å². The molecule has 0 bridgehead atoms. The summed E-state index contributed by atoms with van der Waals surface area (Å²) >= 11 is 1.55. The first-order chi connectivity index (χ1) is 11.6. The predicted octanol–water partition coefficient (Wildman–Crippen LogP) is 2.74. The van der Waals surface area contributed by atoms with Crippen molar-refractivity contribution in [3.05, 3.63) is 68.6 Å². The van der Waals surface area contributed by atoms with Crippen molar-refractivity contribution in [3.8, 4) is 0 Å². The smallest absolute Gasteiger partial charge is 0.271 e. The number of benzene rings is 1. The first kappa shape index (κ1) is 15.1. The fraction of sp³-hybridized carbons (Fsp3) is 0.278. The normalized spacial score (nSPS) is 14.5. The number of thiazole rings is 1. The van der Waals surface area contributed by atoms with Crippen LogP contribution in [0.1, 0.15) is 45.9 Å². The van der Waals surface area contributed by atoms with Crippen molar-refractivity contribution in [1.29, 1.82) is 0 Å². The molecule has 4 rings (SSSR count). The highest BCUT2D eigenvalue weighted by Crippen LogP contribution is 2.28. The fourth-order valence-corrected chi connectivity index (χ4v) is 4.33. The van der Waals surface area contributed by atoms with Gasteiger partial charge in [-0.05, 0) is 31.7 Å². The maximum atomic E-state index is 12.8. The van der Waals surface area contributed by atoms with Gasteiger partial charge in [-0.25, -0.2) is 4.98 Å². The van der Waals surface area contributed by atoms with Gasteiger partial charge in [0.25, 0.3) is 11.5 Å². The van der Waals surface area contributed by atoms with Gasteiger partial charge in [0.05, 0.1) is 6.04 Å². The minimum Gasteiger partial charge on any atom is -0.345 e. The van der Waals surface area contributed by atoms with E-state index < -0.39 is 0 Å². The average molecular weight is 339 g/mol. The van der Waals surface area contributed by atoms with E-state index in [1.165, 1.54) is 11.1 Å². The highest BCUT2D eigenvalue weighted by molar-refractivity contribution is 7.17. The van der Waals surface area contributed by atoms with Crippen molar-refractivity contribution in [1.82, 2.24) is 14.7 Å². The van der Waals surface area contributed by atoms with Gasteiger partial charge < -0.3 is 5.32 Å². The third-order valence-corrected chi connectivity index (χ3v) is 5.60. The van der Waals surface area contributed by atoms with E-state index in [2.05, 4.69) is 10.3 Å². The zero-order chi connectivity index (χ0) is 16.7. The van der Waals surface area contributed by atoms with Crippen LogP contribution in [0, 0.1) is 0 Å². The number of rotatable bonds is 3. The van der Waals surface area contributed by atoms with E-state index in [1.54, 1.807) is 15.7 Å². The Balaban J connectivity index is 1.68. The molecule has 6 heteroatoms. The third kappa shape index (κ3) is 2.43. The van der Waals surface area contributed by atoms with Crippen molar-refractivity contribution in [2.45, 2.75) is 32.2 Å². The molecule has 1 N–H and O–H groups in total. The van der Waals surface area contributed by atoms with Crippen molar-refractivity contribution in [2.75, 3.05) is 0 Å². The Morgan fingerprint density at radius 3 is 2.88 bits per heavy atom. The Bertz CT molecular complexity index is 975. The summed E-state index contributed by atoms with van der Waals surface area (Å²) in [5.41, 5.74) is 1.86. The molecular weight excluding hydrogens is 322 g/mol. The SMILES string of the molecule is C[C@H](NC(=O)c1cnc2sc3c(n2c1=O)CCC3)c1ccccc1. The third-order valence-electron chi connectivity index (χ3n) is 4.44. The highest BCUT2D eigenvalue weighted by Gasteiger charge is 2.23. The number of hydrogen-bond acceptors (Lipinski definition) is 4. The molecule has 1 aliphatic carbocycles. The quantitative estimate of drug-likeness (QED) is 0.798. The minimum atomic E-state index is -0.379. The summed E-state index contributed by atoms with van der Waals surface area (Å²) in [5, 5.41) is 2.89. The Labute approximate surface area is 143 Å².